The number of allylic oxidation sites excluding steroid dienone is 4. The standard InChI is InChI=1S/C25H23N3/c1-3-4-6-12-19(2)24-26-27-25(21-14-7-5-8-15-21)28(24)23-18-11-16-20-13-9-10-17-22(20)23/h3-19H,1-2H3/b4-3-,12-6-. The summed E-state index contributed by atoms with van der Waals surface area (Å²) in [4.78, 5) is 0. The third-order valence-electron chi connectivity index (χ3n) is 4.84. The average molecular weight is 365 g/mol. The van der Waals surface area contributed by atoms with Crippen molar-refractivity contribution in [2.45, 2.75) is 19.8 Å². The van der Waals surface area contributed by atoms with E-state index in [4.69, 9.17) is 0 Å². The molecule has 4 rings (SSSR count). The zero-order chi connectivity index (χ0) is 19.3. The van der Waals surface area contributed by atoms with Crippen LogP contribution in [0.5, 0.6) is 0 Å². The molecule has 0 saturated heterocycles. The molecule has 3 heteroatoms. The second kappa shape index (κ2) is 8.05. The van der Waals surface area contributed by atoms with Gasteiger partial charge in [0, 0.05) is 16.9 Å². The Morgan fingerprint density at radius 3 is 2.39 bits per heavy atom. The van der Waals surface area contributed by atoms with Crippen LogP contribution in [0, 0.1) is 0 Å². The Labute approximate surface area is 165 Å². The number of fused-ring (bicyclic) bond motifs is 1. The summed E-state index contributed by atoms with van der Waals surface area (Å²) in [6.45, 7) is 4.17. The lowest BCUT2D eigenvalue weighted by Crippen LogP contribution is -2.06. The number of rotatable bonds is 5. The predicted molar refractivity (Wildman–Crippen MR) is 117 cm³/mol. The van der Waals surface area contributed by atoms with Crippen molar-refractivity contribution < 1.29 is 0 Å². The fraction of sp³-hybridized carbons (Fsp3) is 0.120. The van der Waals surface area contributed by atoms with E-state index in [1.165, 1.54) is 10.8 Å². The Hall–Kier alpha value is -3.46. The van der Waals surface area contributed by atoms with Crippen molar-refractivity contribution in [1.82, 2.24) is 14.8 Å². The summed E-state index contributed by atoms with van der Waals surface area (Å²) >= 11 is 0. The van der Waals surface area contributed by atoms with Gasteiger partial charge in [-0.15, -0.1) is 10.2 Å². The molecule has 1 atom stereocenters. The van der Waals surface area contributed by atoms with Crippen molar-refractivity contribution in [3.05, 3.63) is 103 Å². The maximum atomic E-state index is 4.59. The van der Waals surface area contributed by atoms with E-state index in [2.05, 4.69) is 88.4 Å². The smallest absolute Gasteiger partial charge is 0.168 e. The quantitative estimate of drug-likeness (QED) is 0.387. The molecular formula is C25H23N3. The molecule has 0 N–H and O–H groups in total. The molecule has 0 fully saturated rings. The highest BCUT2D eigenvalue weighted by molar-refractivity contribution is 5.90. The van der Waals surface area contributed by atoms with Gasteiger partial charge in [-0.3, -0.25) is 4.57 Å². The molecule has 0 spiro atoms. The van der Waals surface area contributed by atoms with Gasteiger partial charge < -0.3 is 0 Å². The minimum absolute atomic E-state index is 0.125. The van der Waals surface area contributed by atoms with Crippen molar-refractivity contribution in [2.75, 3.05) is 0 Å². The average Bonchev–Trinajstić information content (AvgIpc) is 3.19. The minimum atomic E-state index is 0.125. The molecule has 0 aliphatic carbocycles. The third-order valence-corrected chi connectivity index (χ3v) is 4.84. The highest BCUT2D eigenvalue weighted by Gasteiger charge is 2.20. The largest absolute Gasteiger partial charge is 0.278 e. The lowest BCUT2D eigenvalue weighted by molar-refractivity contribution is 0.807. The second-order valence-electron chi connectivity index (χ2n) is 6.78. The third kappa shape index (κ3) is 3.39. The first-order valence-corrected chi connectivity index (χ1v) is 9.58. The van der Waals surface area contributed by atoms with Gasteiger partial charge in [-0.25, -0.2) is 0 Å². The van der Waals surface area contributed by atoms with Crippen LogP contribution in [-0.2, 0) is 0 Å². The van der Waals surface area contributed by atoms with Crippen molar-refractivity contribution in [1.29, 1.82) is 0 Å². The normalized spacial score (nSPS) is 12.9. The van der Waals surface area contributed by atoms with Crippen LogP contribution in [0.25, 0.3) is 27.8 Å². The lowest BCUT2D eigenvalue weighted by Gasteiger charge is -2.15. The molecule has 1 unspecified atom stereocenters. The fourth-order valence-corrected chi connectivity index (χ4v) is 3.43. The molecule has 28 heavy (non-hydrogen) atoms. The van der Waals surface area contributed by atoms with E-state index in [1.807, 2.05) is 37.3 Å². The molecule has 0 aliphatic heterocycles. The fourth-order valence-electron chi connectivity index (χ4n) is 3.43. The van der Waals surface area contributed by atoms with Gasteiger partial charge in [0.05, 0.1) is 5.69 Å². The van der Waals surface area contributed by atoms with Crippen LogP contribution in [0.15, 0.2) is 97.1 Å². The molecule has 4 aromatic rings. The Morgan fingerprint density at radius 1 is 0.821 bits per heavy atom. The number of hydrogen-bond donors (Lipinski definition) is 0. The Kier molecular flexibility index (Phi) is 5.16. The molecule has 3 aromatic carbocycles. The van der Waals surface area contributed by atoms with Crippen LogP contribution in [0.1, 0.15) is 25.6 Å². The highest BCUT2D eigenvalue weighted by Crippen LogP contribution is 2.31. The topological polar surface area (TPSA) is 30.7 Å². The SMILES string of the molecule is C/C=C\C=C/C(C)c1nnc(-c2ccccc2)n1-c1cccc2ccccc12. The van der Waals surface area contributed by atoms with E-state index in [1.54, 1.807) is 0 Å². The monoisotopic (exact) mass is 365 g/mol. The Morgan fingerprint density at radius 2 is 1.57 bits per heavy atom. The first kappa shape index (κ1) is 17.9. The first-order chi connectivity index (χ1) is 13.8. The van der Waals surface area contributed by atoms with Gasteiger partial charge in [0.15, 0.2) is 5.82 Å². The molecule has 138 valence electrons. The molecule has 0 saturated carbocycles. The van der Waals surface area contributed by atoms with Crippen LogP contribution < -0.4 is 0 Å². The molecule has 0 aliphatic rings. The summed E-state index contributed by atoms with van der Waals surface area (Å²) in [5.41, 5.74) is 2.15. The van der Waals surface area contributed by atoms with Gasteiger partial charge in [0.2, 0.25) is 0 Å². The number of hydrogen-bond acceptors (Lipinski definition) is 2. The van der Waals surface area contributed by atoms with Crippen LogP contribution >= 0.6 is 0 Å². The van der Waals surface area contributed by atoms with Gasteiger partial charge in [0.1, 0.15) is 5.82 Å². The number of nitrogens with zero attached hydrogens (tertiary/aromatic N) is 3. The number of aromatic nitrogens is 3. The molecule has 0 bridgehead atoms. The van der Waals surface area contributed by atoms with E-state index in [0.717, 1.165) is 22.9 Å². The van der Waals surface area contributed by atoms with E-state index in [-0.39, 0.29) is 5.92 Å². The van der Waals surface area contributed by atoms with Crippen LogP contribution in [0.2, 0.25) is 0 Å². The minimum Gasteiger partial charge on any atom is -0.278 e. The van der Waals surface area contributed by atoms with Crippen LogP contribution in [-0.4, -0.2) is 14.8 Å². The van der Waals surface area contributed by atoms with E-state index >= 15 is 0 Å². The van der Waals surface area contributed by atoms with Gasteiger partial charge in [0.25, 0.3) is 0 Å². The summed E-state index contributed by atoms with van der Waals surface area (Å²) in [6.07, 6.45) is 8.27. The zero-order valence-electron chi connectivity index (χ0n) is 16.2. The van der Waals surface area contributed by atoms with Crippen molar-refractivity contribution >= 4 is 10.8 Å². The Bertz CT molecular complexity index is 1130. The Balaban J connectivity index is 1.96. The summed E-state index contributed by atoms with van der Waals surface area (Å²) in [5, 5.41) is 11.6. The zero-order valence-corrected chi connectivity index (χ0v) is 16.2. The molecule has 3 nitrogen and oxygen atoms in total. The molecule has 1 aromatic heterocycles. The molecule has 0 amide bonds. The van der Waals surface area contributed by atoms with Gasteiger partial charge in [-0.05, 0) is 18.4 Å². The first-order valence-electron chi connectivity index (χ1n) is 9.58. The van der Waals surface area contributed by atoms with Crippen molar-refractivity contribution in [3.8, 4) is 17.1 Å². The van der Waals surface area contributed by atoms with Crippen molar-refractivity contribution in [2.24, 2.45) is 0 Å². The van der Waals surface area contributed by atoms with Gasteiger partial charge in [-0.1, -0.05) is 98.0 Å². The van der Waals surface area contributed by atoms with Gasteiger partial charge in [-0.2, -0.15) is 0 Å². The van der Waals surface area contributed by atoms with E-state index in [9.17, 15) is 0 Å². The van der Waals surface area contributed by atoms with Crippen molar-refractivity contribution in [3.63, 3.8) is 0 Å². The summed E-state index contributed by atoms with van der Waals surface area (Å²) in [6, 6.07) is 25.1. The van der Waals surface area contributed by atoms with Gasteiger partial charge >= 0.3 is 0 Å². The number of benzene rings is 3. The molecular weight excluding hydrogens is 342 g/mol. The summed E-state index contributed by atoms with van der Waals surface area (Å²) in [5.74, 6) is 1.91. The molecule has 1 heterocycles. The van der Waals surface area contributed by atoms with E-state index in [0.29, 0.717) is 0 Å². The maximum absolute atomic E-state index is 4.59. The predicted octanol–water partition coefficient (Wildman–Crippen LogP) is 6.32. The summed E-state index contributed by atoms with van der Waals surface area (Å²) < 4.78 is 2.20. The van der Waals surface area contributed by atoms with Crippen LogP contribution in [0.4, 0.5) is 0 Å². The van der Waals surface area contributed by atoms with Crippen LogP contribution in [0.3, 0.4) is 0 Å². The highest BCUT2D eigenvalue weighted by atomic mass is 15.3. The van der Waals surface area contributed by atoms with E-state index < -0.39 is 0 Å². The molecule has 0 radical (unpaired) electrons. The lowest BCUT2D eigenvalue weighted by atomic mass is 10.1. The maximum Gasteiger partial charge on any atom is 0.168 e. The summed E-state index contributed by atoms with van der Waals surface area (Å²) in [7, 11) is 0. The second-order valence-corrected chi connectivity index (χ2v) is 6.78.